The van der Waals surface area contributed by atoms with Gasteiger partial charge in [0.05, 0.1) is 28.1 Å². The van der Waals surface area contributed by atoms with Gasteiger partial charge in [-0.3, -0.25) is 19.4 Å². The molecular formula is C15H15N3O4S. The molecule has 0 saturated heterocycles. The monoisotopic (exact) mass is 333 g/mol. The molecule has 0 fully saturated rings. The van der Waals surface area contributed by atoms with Crippen LogP contribution in [0.15, 0.2) is 53.5 Å². The third kappa shape index (κ3) is 4.13. The highest BCUT2D eigenvalue weighted by atomic mass is 32.2. The molecule has 23 heavy (non-hydrogen) atoms. The summed E-state index contributed by atoms with van der Waals surface area (Å²) in [6.45, 7) is 0. The molecule has 7 nitrogen and oxygen atoms in total. The molecule has 0 aromatic heterocycles. The smallest absolute Gasteiger partial charge is 0.273 e. The van der Waals surface area contributed by atoms with Crippen LogP contribution in [0.25, 0.3) is 0 Å². The average molecular weight is 333 g/mol. The van der Waals surface area contributed by atoms with Gasteiger partial charge in [0.1, 0.15) is 0 Å². The lowest BCUT2D eigenvalue weighted by Crippen LogP contribution is -2.24. The van der Waals surface area contributed by atoms with E-state index in [2.05, 4.69) is 4.99 Å². The Morgan fingerprint density at radius 2 is 1.87 bits per heavy atom. The molecule has 2 aromatic carbocycles. The van der Waals surface area contributed by atoms with Gasteiger partial charge in [-0.05, 0) is 24.3 Å². The average Bonchev–Trinajstić information content (AvgIpc) is 2.51. The molecule has 0 amide bonds. The number of benzene rings is 2. The minimum atomic E-state index is -3.37. The third-order valence-electron chi connectivity index (χ3n) is 3.18. The molecule has 0 saturated carbocycles. The van der Waals surface area contributed by atoms with Crippen LogP contribution in [0.2, 0.25) is 0 Å². The van der Waals surface area contributed by atoms with Crippen molar-refractivity contribution in [3.05, 3.63) is 64.2 Å². The van der Waals surface area contributed by atoms with Crippen LogP contribution in [0.1, 0.15) is 5.56 Å². The van der Waals surface area contributed by atoms with Crippen LogP contribution >= 0.6 is 0 Å². The number of nitrogens with zero attached hydrogens (tertiary/aromatic N) is 3. The Bertz CT molecular complexity index is 863. The van der Waals surface area contributed by atoms with Gasteiger partial charge in [0.2, 0.25) is 10.0 Å². The lowest BCUT2D eigenvalue weighted by Gasteiger charge is -2.16. The van der Waals surface area contributed by atoms with E-state index in [9.17, 15) is 18.5 Å². The molecule has 0 unspecified atom stereocenters. The molecule has 0 bridgehead atoms. The second kappa shape index (κ2) is 6.57. The molecule has 2 rings (SSSR count). The van der Waals surface area contributed by atoms with E-state index in [0.29, 0.717) is 16.9 Å². The van der Waals surface area contributed by atoms with E-state index in [1.165, 1.54) is 19.3 Å². The molecule has 0 heterocycles. The molecule has 0 N–H and O–H groups in total. The van der Waals surface area contributed by atoms with Crippen LogP contribution < -0.4 is 4.31 Å². The van der Waals surface area contributed by atoms with Crippen molar-refractivity contribution >= 4 is 33.3 Å². The van der Waals surface area contributed by atoms with E-state index in [-0.39, 0.29) is 5.69 Å². The van der Waals surface area contributed by atoms with Gasteiger partial charge in [0.15, 0.2) is 0 Å². The number of nitro benzene ring substituents is 1. The van der Waals surface area contributed by atoms with E-state index < -0.39 is 14.9 Å². The van der Waals surface area contributed by atoms with Crippen molar-refractivity contribution in [2.24, 2.45) is 4.99 Å². The first-order valence-electron chi connectivity index (χ1n) is 6.60. The van der Waals surface area contributed by atoms with Crippen molar-refractivity contribution in [3.8, 4) is 0 Å². The van der Waals surface area contributed by atoms with Crippen LogP contribution in [0.3, 0.4) is 0 Å². The van der Waals surface area contributed by atoms with Crippen LogP contribution in [0, 0.1) is 10.1 Å². The van der Waals surface area contributed by atoms with E-state index in [1.54, 1.807) is 42.5 Å². The van der Waals surface area contributed by atoms with E-state index in [4.69, 9.17) is 0 Å². The Morgan fingerprint density at radius 1 is 1.17 bits per heavy atom. The van der Waals surface area contributed by atoms with Gasteiger partial charge in [0.25, 0.3) is 5.69 Å². The Balaban J connectivity index is 2.33. The summed E-state index contributed by atoms with van der Waals surface area (Å²) in [5.41, 5.74) is 1.29. The second-order valence-corrected chi connectivity index (χ2v) is 6.84. The Labute approximate surface area is 134 Å². The summed E-state index contributed by atoms with van der Waals surface area (Å²) >= 11 is 0. The van der Waals surface area contributed by atoms with Gasteiger partial charge in [-0.1, -0.05) is 18.2 Å². The quantitative estimate of drug-likeness (QED) is 0.478. The highest BCUT2D eigenvalue weighted by Crippen LogP contribution is 2.23. The van der Waals surface area contributed by atoms with E-state index in [1.807, 2.05) is 0 Å². The summed E-state index contributed by atoms with van der Waals surface area (Å²) in [6, 6.07) is 12.8. The van der Waals surface area contributed by atoms with Crippen molar-refractivity contribution in [1.29, 1.82) is 0 Å². The molecule has 0 aliphatic carbocycles. The molecule has 8 heteroatoms. The van der Waals surface area contributed by atoms with Crippen LogP contribution in [-0.4, -0.2) is 32.9 Å². The number of nitro groups is 1. The van der Waals surface area contributed by atoms with Crippen molar-refractivity contribution < 1.29 is 13.3 Å². The summed E-state index contributed by atoms with van der Waals surface area (Å²) in [5.74, 6) is 0. The number of hydrogen-bond acceptors (Lipinski definition) is 5. The molecular weight excluding hydrogens is 318 g/mol. The highest BCUT2D eigenvalue weighted by Gasteiger charge is 2.12. The summed E-state index contributed by atoms with van der Waals surface area (Å²) in [4.78, 5) is 14.7. The summed E-state index contributed by atoms with van der Waals surface area (Å²) in [5, 5.41) is 11.0. The lowest BCUT2D eigenvalue weighted by molar-refractivity contribution is -0.385. The van der Waals surface area contributed by atoms with Crippen molar-refractivity contribution in [2.75, 3.05) is 17.6 Å². The Morgan fingerprint density at radius 3 is 2.52 bits per heavy atom. The Hall–Kier alpha value is -2.74. The van der Waals surface area contributed by atoms with E-state index in [0.717, 1.165) is 10.6 Å². The summed E-state index contributed by atoms with van der Waals surface area (Å²) in [7, 11) is -1.92. The zero-order valence-corrected chi connectivity index (χ0v) is 13.4. The Kier molecular flexibility index (Phi) is 4.75. The fourth-order valence-corrected chi connectivity index (χ4v) is 2.36. The minimum Gasteiger partial charge on any atom is -0.273 e. The molecule has 0 aliphatic rings. The first-order valence-corrected chi connectivity index (χ1v) is 8.45. The lowest BCUT2D eigenvalue weighted by atomic mass is 10.2. The van der Waals surface area contributed by atoms with Gasteiger partial charge in [-0.2, -0.15) is 0 Å². The first-order chi connectivity index (χ1) is 10.8. The van der Waals surface area contributed by atoms with E-state index >= 15 is 0 Å². The number of aliphatic imine (C=N–C) groups is 1. The van der Waals surface area contributed by atoms with Gasteiger partial charge < -0.3 is 0 Å². The fourth-order valence-electron chi connectivity index (χ4n) is 1.87. The van der Waals surface area contributed by atoms with Gasteiger partial charge in [-0.25, -0.2) is 8.42 Å². The number of rotatable bonds is 5. The maximum absolute atomic E-state index is 11.6. The number of para-hydroxylation sites is 1. The maximum atomic E-state index is 11.6. The SMILES string of the molecule is CN(c1cccc(N=Cc2ccccc2[N+](=O)[O-])c1)S(C)(=O)=O. The van der Waals surface area contributed by atoms with Gasteiger partial charge in [0, 0.05) is 19.3 Å². The maximum Gasteiger partial charge on any atom is 0.278 e. The molecule has 2 aromatic rings. The van der Waals surface area contributed by atoms with Gasteiger partial charge in [-0.15, -0.1) is 0 Å². The number of anilines is 1. The summed E-state index contributed by atoms with van der Waals surface area (Å²) < 4.78 is 24.2. The molecule has 120 valence electrons. The zero-order valence-electron chi connectivity index (χ0n) is 12.6. The van der Waals surface area contributed by atoms with Crippen molar-refractivity contribution in [3.63, 3.8) is 0 Å². The number of hydrogen-bond donors (Lipinski definition) is 0. The molecule has 0 aliphatic heterocycles. The highest BCUT2D eigenvalue weighted by molar-refractivity contribution is 7.92. The standard InChI is InChI=1S/C15H15N3O4S/c1-17(23(2,21)22)14-8-5-7-13(10-14)16-11-12-6-3-4-9-15(12)18(19)20/h3-11H,1-2H3. The predicted molar refractivity (Wildman–Crippen MR) is 90.0 cm³/mol. The fraction of sp³-hybridized carbons (Fsp3) is 0.133. The third-order valence-corrected chi connectivity index (χ3v) is 4.38. The zero-order chi connectivity index (χ0) is 17.0. The van der Waals surface area contributed by atoms with Gasteiger partial charge >= 0.3 is 0 Å². The second-order valence-electron chi connectivity index (χ2n) is 4.82. The first kappa shape index (κ1) is 16.6. The molecule has 0 atom stereocenters. The van der Waals surface area contributed by atoms with Crippen LogP contribution in [0.4, 0.5) is 17.1 Å². The number of sulfonamides is 1. The molecule has 0 radical (unpaired) electrons. The topological polar surface area (TPSA) is 92.9 Å². The van der Waals surface area contributed by atoms with Crippen LogP contribution in [-0.2, 0) is 10.0 Å². The normalized spacial score (nSPS) is 11.6. The minimum absolute atomic E-state index is 0.0411. The summed E-state index contributed by atoms with van der Waals surface area (Å²) in [6.07, 6.45) is 2.49. The predicted octanol–water partition coefficient (Wildman–Crippen LogP) is 2.74. The van der Waals surface area contributed by atoms with Crippen molar-refractivity contribution in [2.45, 2.75) is 0 Å². The molecule has 0 spiro atoms. The largest absolute Gasteiger partial charge is 0.278 e. The van der Waals surface area contributed by atoms with Crippen LogP contribution in [0.5, 0.6) is 0 Å². The van der Waals surface area contributed by atoms with Crippen molar-refractivity contribution in [1.82, 2.24) is 0 Å².